The maximum absolute atomic E-state index is 11.9. The van der Waals surface area contributed by atoms with Crippen molar-refractivity contribution in [1.82, 2.24) is 4.31 Å². The zero-order valence-electron chi connectivity index (χ0n) is 9.43. The van der Waals surface area contributed by atoms with Crippen molar-refractivity contribution in [3.05, 3.63) is 35.4 Å². The molecule has 0 aliphatic heterocycles. The Morgan fingerprint density at radius 2 is 1.94 bits per heavy atom. The second kappa shape index (κ2) is 6.15. The summed E-state index contributed by atoms with van der Waals surface area (Å²) in [5.41, 5.74) is 1.21. The van der Waals surface area contributed by atoms with Crippen molar-refractivity contribution in [2.45, 2.75) is 5.75 Å². The Morgan fingerprint density at radius 1 is 1.35 bits per heavy atom. The van der Waals surface area contributed by atoms with Gasteiger partial charge in [-0.25, -0.2) is 12.7 Å². The molecule has 0 aliphatic rings. The Hall–Kier alpha value is -0.900. The second-order valence-corrected chi connectivity index (χ2v) is 6.44. The molecule has 6 heteroatoms. The van der Waals surface area contributed by atoms with E-state index in [1.807, 2.05) is 6.07 Å². The first-order chi connectivity index (χ1) is 7.99. The maximum Gasteiger partial charge on any atom is 0.218 e. The number of nitrogens with zero attached hydrogens (tertiary/aromatic N) is 2. The van der Waals surface area contributed by atoms with Gasteiger partial charge in [-0.2, -0.15) is 5.26 Å². The molecular formula is C11H13BrN2O2S. The standard InChI is InChI=1S/C11H13BrN2O2S/c1-14(7-6-12)17(15,16)9-11-4-2-10(8-13)3-5-11/h2-5H,6-7,9H2,1H3. The molecule has 0 N–H and O–H groups in total. The molecule has 1 aromatic carbocycles. The molecule has 0 bridgehead atoms. The van der Waals surface area contributed by atoms with E-state index >= 15 is 0 Å². The van der Waals surface area contributed by atoms with E-state index in [-0.39, 0.29) is 5.75 Å². The summed E-state index contributed by atoms with van der Waals surface area (Å²) >= 11 is 3.20. The van der Waals surface area contributed by atoms with Crippen molar-refractivity contribution in [3.8, 4) is 6.07 Å². The van der Waals surface area contributed by atoms with E-state index in [2.05, 4.69) is 15.9 Å². The van der Waals surface area contributed by atoms with Gasteiger partial charge in [0.2, 0.25) is 10.0 Å². The van der Waals surface area contributed by atoms with Crippen LogP contribution >= 0.6 is 15.9 Å². The van der Waals surface area contributed by atoms with Crippen LogP contribution in [0.5, 0.6) is 0 Å². The highest BCUT2D eigenvalue weighted by Crippen LogP contribution is 2.10. The molecule has 0 unspecified atom stereocenters. The van der Waals surface area contributed by atoms with E-state index in [0.29, 0.717) is 23.0 Å². The fraction of sp³-hybridized carbons (Fsp3) is 0.364. The average Bonchev–Trinajstić information content (AvgIpc) is 2.30. The van der Waals surface area contributed by atoms with Crippen molar-refractivity contribution in [2.75, 3.05) is 18.9 Å². The van der Waals surface area contributed by atoms with Crippen LogP contribution in [0.4, 0.5) is 0 Å². The van der Waals surface area contributed by atoms with Gasteiger partial charge in [-0.15, -0.1) is 0 Å². The SMILES string of the molecule is CN(CCBr)S(=O)(=O)Cc1ccc(C#N)cc1. The van der Waals surface area contributed by atoms with Crippen molar-refractivity contribution in [1.29, 1.82) is 5.26 Å². The highest BCUT2D eigenvalue weighted by atomic mass is 79.9. The van der Waals surface area contributed by atoms with E-state index in [1.54, 1.807) is 31.3 Å². The van der Waals surface area contributed by atoms with Gasteiger partial charge < -0.3 is 0 Å². The number of halogens is 1. The van der Waals surface area contributed by atoms with Crippen LogP contribution in [0.3, 0.4) is 0 Å². The predicted octanol–water partition coefficient (Wildman–Crippen LogP) is 1.71. The molecule has 0 fully saturated rings. The van der Waals surface area contributed by atoms with Crippen molar-refractivity contribution >= 4 is 26.0 Å². The summed E-state index contributed by atoms with van der Waals surface area (Å²) in [5.74, 6) is -0.0395. The summed E-state index contributed by atoms with van der Waals surface area (Å²) in [7, 11) is -1.72. The first-order valence-electron chi connectivity index (χ1n) is 4.98. The molecular weight excluding hydrogens is 304 g/mol. The first-order valence-corrected chi connectivity index (χ1v) is 7.71. The minimum Gasteiger partial charge on any atom is -0.212 e. The number of hydrogen-bond donors (Lipinski definition) is 0. The average molecular weight is 317 g/mol. The third-order valence-electron chi connectivity index (χ3n) is 2.31. The third-order valence-corrected chi connectivity index (χ3v) is 4.49. The molecule has 17 heavy (non-hydrogen) atoms. The van der Waals surface area contributed by atoms with Crippen LogP contribution in [-0.2, 0) is 15.8 Å². The summed E-state index contributed by atoms with van der Waals surface area (Å²) in [5, 5.41) is 9.24. The van der Waals surface area contributed by atoms with Crippen LogP contribution in [0.25, 0.3) is 0 Å². The zero-order chi connectivity index (χ0) is 12.9. The Bertz CT molecular complexity index is 505. The lowest BCUT2D eigenvalue weighted by Crippen LogP contribution is -2.29. The normalized spacial score (nSPS) is 11.4. The van der Waals surface area contributed by atoms with Crippen molar-refractivity contribution in [3.63, 3.8) is 0 Å². The van der Waals surface area contributed by atoms with Gasteiger partial charge in [0.15, 0.2) is 0 Å². The van der Waals surface area contributed by atoms with Crippen LogP contribution < -0.4 is 0 Å². The Balaban J connectivity index is 2.80. The van der Waals surface area contributed by atoms with Gasteiger partial charge in [0.25, 0.3) is 0 Å². The van der Waals surface area contributed by atoms with E-state index < -0.39 is 10.0 Å². The minimum absolute atomic E-state index is 0.0395. The number of sulfonamides is 1. The summed E-state index contributed by atoms with van der Waals surface area (Å²) in [6.45, 7) is 0.443. The minimum atomic E-state index is -3.27. The summed E-state index contributed by atoms with van der Waals surface area (Å²) in [4.78, 5) is 0. The molecule has 0 amide bonds. The molecule has 4 nitrogen and oxygen atoms in total. The smallest absolute Gasteiger partial charge is 0.212 e. The lowest BCUT2D eigenvalue weighted by Gasteiger charge is -2.15. The van der Waals surface area contributed by atoms with Crippen molar-refractivity contribution in [2.24, 2.45) is 0 Å². The fourth-order valence-corrected chi connectivity index (χ4v) is 3.22. The molecule has 0 saturated carbocycles. The molecule has 1 rings (SSSR count). The lowest BCUT2D eigenvalue weighted by molar-refractivity contribution is 0.488. The Kier molecular flexibility index (Phi) is 5.12. The van der Waals surface area contributed by atoms with E-state index in [4.69, 9.17) is 5.26 Å². The van der Waals surface area contributed by atoms with Gasteiger partial charge in [-0.1, -0.05) is 28.1 Å². The van der Waals surface area contributed by atoms with E-state index in [1.165, 1.54) is 4.31 Å². The van der Waals surface area contributed by atoms with Crippen LogP contribution in [0.15, 0.2) is 24.3 Å². The molecule has 0 aliphatic carbocycles. The summed E-state index contributed by atoms with van der Waals surface area (Å²) < 4.78 is 25.1. The largest absolute Gasteiger partial charge is 0.218 e. The van der Waals surface area contributed by atoms with Crippen LogP contribution in [-0.4, -0.2) is 31.6 Å². The van der Waals surface area contributed by atoms with Crippen LogP contribution in [0.1, 0.15) is 11.1 Å². The fourth-order valence-electron chi connectivity index (χ4n) is 1.25. The lowest BCUT2D eigenvalue weighted by atomic mass is 10.2. The molecule has 0 aromatic heterocycles. The molecule has 92 valence electrons. The van der Waals surface area contributed by atoms with E-state index in [9.17, 15) is 8.42 Å². The van der Waals surface area contributed by atoms with E-state index in [0.717, 1.165) is 0 Å². The number of alkyl halides is 1. The van der Waals surface area contributed by atoms with Crippen LogP contribution in [0.2, 0.25) is 0 Å². The summed E-state index contributed by atoms with van der Waals surface area (Å²) in [6, 6.07) is 8.56. The summed E-state index contributed by atoms with van der Waals surface area (Å²) in [6.07, 6.45) is 0. The number of nitriles is 1. The quantitative estimate of drug-likeness (QED) is 0.777. The van der Waals surface area contributed by atoms with Gasteiger partial charge in [-0.3, -0.25) is 0 Å². The Labute approximate surface area is 110 Å². The van der Waals surface area contributed by atoms with Crippen LogP contribution in [0, 0.1) is 11.3 Å². The zero-order valence-corrected chi connectivity index (χ0v) is 11.8. The highest BCUT2D eigenvalue weighted by molar-refractivity contribution is 9.09. The monoisotopic (exact) mass is 316 g/mol. The number of hydrogen-bond acceptors (Lipinski definition) is 3. The number of rotatable bonds is 5. The third kappa shape index (κ3) is 4.11. The predicted molar refractivity (Wildman–Crippen MR) is 70.2 cm³/mol. The second-order valence-electron chi connectivity index (χ2n) is 3.58. The van der Waals surface area contributed by atoms with Gasteiger partial charge >= 0.3 is 0 Å². The molecule has 0 radical (unpaired) electrons. The van der Waals surface area contributed by atoms with Crippen molar-refractivity contribution < 1.29 is 8.42 Å². The number of benzene rings is 1. The van der Waals surface area contributed by atoms with Gasteiger partial charge in [-0.05, 0) is 17.7 Å². The first kappa shape index (κ1) is 14.2. The topological polar surface area (TPSA) is 61.2 Å². The molecule has 0 spiro atoms. The van der Waals surface area contributed by atoms with Gasteiger partial charge in [0, 0.05) is 18.9 Å². The molecule has 0 atom stereocenters. The van der Waals surface area contributed by atoms with Gasteiger partial charge in [0.05, 0.1) is 17.4 Å². The maximum atomic E-state index is 11.9. The highest BCUT2D eigenvalue weighted by Gasteiger charge is 2.17. The molecule has 0 saturated heterocycles. The molecule has 0 heterocycles. The van der Waals surface area contributed by atoms with Gasteiger partial charge in [0.1, 0.15) is 0 Å². The Morgan fingerprint density at radius 3 is 2.41 bits per heavy atom. The molecule has 1 aromatic rings.